The molecule has 0 spiro atoms. The molecule has 0 aromatic heterocycles. The van der Waals surface area contributed by atoms with Gasteiger partial charge in [-0.05, 0) is 73.0 Å². The van der Waals surface area contributed by atoms with Crippen molar-refractivity contribution in [3.05, 3.63) is 64.8 Å². The predicted octanol–water partition coefficient (Wildman–Crippen LogP) is 5.15. The highest BCUT2D eigenvalue weighted by Gasteiger charge is 2.72. The third kappa shape index (κ3) is 5.40. The minimum atomic E-state index is -1.18. The molecule has 4 aliphatic carbocycles. The van der Waals surface area contributed by atoms with Crippen molar-refractivity contribution in [3.63, 3.8) is 0 Å². The SMILES string of the molecule is CC(=C[C@@H](O)C[C@@H](C)[C@@H]1C[C@H](O)[C@]2(CCO)C3=C(C(=O)C[C@]12C)[C@@]1(C)CCC(=O)C(C)(C)[C@@H]1[C@@H](C=Cc1ccccc1)[C@H]3O)C(=O)O. The van der Waals surface area contributed by atoms with Crippen LogP contribution in [-0.2, 0) is 14.4 Å². The van der Waals surface area contributed by atoms with Crippen LogP contribution in [-0.4, -0.2) is 68.0 Å². The van der Waals surface area contributed by atoms with E-state index in [9.17, 15) is 39.9 Å². The normalized spacial score (nSPS) is 38.2. The number of aliphatic carboxylic acids is 1. The van der Waals surface area contributed by atoms with E-state index in [0.717, 1.165) is 5.56 Å². The molecule has 2 saturated carbocycles. The number of allylic oxidation sites excluding steroid dienone is 1. The fourth-order valence-electron chi connectivity index (χ4n) is 11.0. The van der Waals surface area contributed by atoms with Gasteiger partial charge in [0, 0.05) is 52.8 Å². The topological polar surface area (TPSA) is 152 Å². The summed E-state index contributed by atoms with van der Waals surface area (Å²) < 4.78 is 0. The Hall–Kier alpha value is -2.91. The number of aliphatic hydroxyl groups excluding tert-OH is 4. The number of rotatable bonds is 9. The number of Topliss-reactive ketones (excluding diaryl/α,β-unsaturated/α-hetero) is 2. The first-order valence-electron chi connectivity index (χ1n) is 17.1. The summed E-state index contributed by atoms with van der Waals surface area (Å²) in [6.45, 7) is 11.0. The molecule has 4 aliphatic rings. The highest BCUT2D eigenvalue weighted by molar-refractivity contribution is 6.01. The molecular weight excluding hydrogens is 596 g/mol. The van der Waals surface area contributed by atoms with E-state index in [-0.39, 0.29) is 60.8 Å². The predicted molar refractivity (Wildman–Crippen MR) is 179 cm³/mol. The van der Waals surface area contributed by atoms with Gasteiger partial charge in [-0.3, -0.25) is 9.59 Å². The van der Waals surface area contributed by atoms with E-state index in [1.165, 1.54) is 13.0 Å². The summed E-state index contributed by atoms with van der Waals surface area (Å²) in [5.41, 5.74) is -1.55. The Kier molecular flexibility index (Phi) is 9.43. The van der Waals surface area contributed by atoms with Gasteiger partial charge in [0.1, 0.15) is 5.78 Å². The van der Waals surface area contributed by atoms with Crippen molar-refractivity contribution < 1.29 is 39.9 Å². The van der Waals surface area contributed by atoms with Crippen LogP contribution in [0.3, 0.4) is 0 Å². The van der Waals surface area contributed by atoms with Crippen molar-refractivity contribution in [1.82, 2.24) is 0 Å². The standard InChI is InChI=1S/C39H52O8/c1-22(18-25(41)19-23(2)35(46)47)27-20-30(44)39(16-17-40)32-31(28(42)21-38(27,39)6)37(5)15-14-29(43)36(3,4)34(37)26(33(32)45)13-12-24-10-8-7-9-11-24/h7-13,19,22,25-27,30,33-34,40-41,44-45H,14-18,20-21H2,1-6H3,(H,46,47)/t22-,25+,26+,27+,30+,33-,34+,37-,38-,39-/m1/s1. The zero-order valence-corrected chi connectivity index (χ0v) is 28.6. The number of fused-ring (bicyclic) bond motifs is 4. The number of carbonyl (C=O) groups excluding carboxylic acids is 2. The van der Waals surface area contributed by atoms with Gasteiger partial charge in [0.25, 0.3) is 0 Å². The first-order chi connectivity index (χ1) is 22.0. The first kappa shape index (κ1) is 35.4. The van der Waals surface area contributed by atoms with Crippen molar-refractivity contribution >= 4 is 23.6 Å². The molecule has 0 heterocycles. The minimum absolute atomic E-state index is 0.0382. The Balaban J connectivity index is 1.69. The van der Waals surface area contributed by atoms with E-state index in [1.807, 2.05) is 70.2 Å². The van der Waals surface area contributed by atoms with E-state index >= 15 is 0 Å². The second-order valence-corrected chi connectivity index (χ2v) is 15.9. The lowest BCUT2D eigenvalue weighted by molar-refractivity contribution is -0.152. The molecule has 0 aliphatic heterocycles. The molecule has 0 saturated heterocycles. The third-order valence-corrected chi connectivity index (χ3v) is 13.0. The Morgan fingerprint density at radius 3 is 2.36 bits per heavy atom. The maximum atomic E-state index is 14.7. The Bertz CT molecular complexity index is 1510. The zero-order valence-electron chi connectivity index (χ0n) is 28.6. The highest BCUT2D eigenvalue weighted by Crippen LogP contribution is 2.73. The molecule has 0 amide bonds. The first-order valence-corrected chi connectivity index (χ1v) is 17.1. The summed E-state index contributed by atoms with van der Waals surface area (Å²) in [7, 11) is 0. The van der Waals surface area contributed by atoms with Crippen molar-refractivity contribution in [2.24, 2.45) is 45.3 Å². The summed E-state index contributed by atoms with van der Waals surface area (Å²) in [4.78, 5) is 39.6. The van der Waals surface area contributed by atoms with Gasteiger partial charge in [0.05, 0.1) is 18.3 Å². The second-order valence-electron chi connectivity index (χ2n) is 15.9. The summed E-state index contributed by atoms with van der Waals surface area (Å²) >= 11 is 0. The Labute approximate surface area is 278 Å². The minimum Gasteiger partial charge on any atom is -0.478 e. The van der Waals surface area contributed by atoms with Crippen LogP contribution in [0.1, 0.15) is 85.6 Å². The van der Waals surface area contributed by atoms with Crippen molar-refractivity contribution in [2.45, 2.75) is 98.4 Å². The third-order valence-electron chi connectivity index (χ3n) is 13.0. The van der Waals surface area contributed by atoms with Crippen LogP contribution < -0.4 is 0 Å². The average molecular weight is 649 g/mol. The molecule has 1 aromatic carbocycles. The van der Waals surface area contributed by atoms with E-state index in [1.54, 1.807) is 0 Å². The fraction of sp³-hybridized carbons (Fsp3) is 0.615. The van der Waals surface area contributed by atoms with E-state index < -0.39 is 51.9 Å². The van der Waals surface area contributed by atoms with Gasteiger partial charge in [-0.2, -0.15) is 0 Å². The van der Waals surface area contributed by atoms with Crippen LogP contribution in [0.15, 0.2) is 59.2 Å². The molecule has 0 unspecified atom stereocenters. The van der Waals surface area contributed by atoms with Crippen LogP contribution in [0.2, 0.25) is 0 Å². The molecule has 1 aromatic rings. The van der Waals surface area contributed by atoms with Gasteiger partial charge in [-0.15, -0.1) is 0 Å². The molecule has 5 N–H and O–H groups in total. The van der Waals surface area contributed by atoms with Crippen LogP contribution in [0.25, 0.3) is 6.08 Å². The Morgan fingerprint density at radius 2 is 1.74 bits per heavy atom. The summed E-state index contributed by atoms with van der Waals surface area (Å²) in [5, 5.41) is 55.6. The lowest BCUT2D eigenvalue weighted by Gasteiger charge is -2.63. The highest BCUT2D eigenvalue weighted by atomic mass is 16.4. The number of hydrogen-bond acceptors (Lipinski definition) is 7. The molecule has 10 atom stereocenters. The quantitative estimate of drug-likeness (QED) is 0.231. The molecule has 256 valence electrons. The molecular formula is C39H52O8. The number of carboxylic acid groups (broad SMARTS) is 1. The molecule has 8 heteroatoms. The van der Waals surface area contributed by atoms with Crippen LogP contribution >= 0.6 is 0 Å². The van der Waals surface area contributed by atoms with Gasteiger partial charge < -0.3 is 25.5 Å². The lowest BCUT2D eigenvalue weighted by atomic mass is 9.39. The second kappa shape index (κ2) is 12.5. The van der Waals surface area contributed by atoms with Gasteiger partial charge in [0.15, 0.2) is 5.78 Å². The number of ketones is 2. The van der Waals surface area contributed by atoms with Gasteiger partial charge in [0.2, 0.25) is 0 Å². The molecule has 5 rings (SSSR count). The maximum Gasteiger partial charge on any atom is 0.331 e. The number of hydrogen-bond donors (Lipinski definition) is 5. The van der Waals surface area contributed by atoms with E-state index in [0.29, 0.717) is 30.4 Å². The summed E-state index contributed by atoms with van der Waals surface area (Å²) in [6.07, 6.45) is 3.61. The summed E-state index contributed by atoms with van der Waals surface area (Å²) in [5.74, 6) is -2.51. The zero-order chi connectivity index (χ0) is 34.7. The smallest absolute Gasteiger partial charge is 0.331 e. The fourth-order valence-corrected chi connectivity index (χ4v) is 11.0. The largest absolute Gasteiger partial charge is 0.478 e. The van der Waals surface area contributed by atoms with Gasteiger partial charge in [-0.25, -0.2) is 4.79 Å². The Morgan fingerprint density at radius 1 is 1.09 bits per heavy atom. The van der Waals surface area contributed by atoms with Crippen molar-refractivity contribution in [2.75, 3.05) is 6.61 Å². The molecule has 0 bridgehead atoms. The van der Waals surface area contributed by atoms with Gasteiger partial charge >= 0.3 is 5.97 Å². The molecule has 8 nitrogen and oxygen atoms in total. The maximum absolute atomic E-state index is 14.7. The number of benzene rings is 1. The van der Waals surface area contributed by atoms with E-state index in [4.69, 9.17) is 0 Å². The average Bonchev–Trinajstić information content (AvgIpc) is 3.22. The summed E-state index contributed by atoms with van der Waals surface area (Å²) in [6, 6.07) is 9.73. The van der Waals surface area contributed by atoms with Crippen molar-refractivity contribution in [3.8, 4) is 0 Å². The molecule has 47 heavy (non-hydrogen) atoms. The number of aliphatic hydroxyl groups is 4. The van der Waals surface area contributed by atoms with Crippen molar-refractivity contribution in [1.29, 1.82) is 0 Å². The molecule has 2 fully saturated rings. The molecule has 0 radical (unpaired) electrons. The monoisotopic (exact) mass is 648 g/mol. The lowest BCUT2D eigenvalue weighted by Crippen LogP contribution is -2.64. The van der Waals surface area contributed by atoms with Crippen LogP contribution in [0.4, 0.5) is 0 Å². The number of carbonyl (C=O) groups is 3. The number of carboxylic acids is 1. The van der Waals surface area contributed by atoms with Crippen LogP contribution in [0, 0.1) is 45.3 Å². The van der Waals surface area contributed by atoms with E-state index in [2.05, 4.69) is 6.92 Å². The van der Waals surface area contributed by atoms with Gasteiger partial charge in [-0.1, -0.05) is 77.1 Å². The van der Waals surface area contributed by atoms with Crippen LogP contribution in [0.5, 0.6) is 0 Å².